The highest BCUT2D eigenvalue weighted by atomic mass is 32.2. The van der Waals surface area contributed by atoms with Crippen LogP contribution in [0.1, 0.15) is 5.56 Å². The van der Waals surface area contributed by atoms with E-state index in [0.29, 0.717) is 0 Å². The first kappa shape index (κ1) is 12.4. The van der Waals surface area contributed by atoms with E-state index in [-0.39, 0.29) is 5.50 Å². The van der Waals surface area contributed by atoms with Gasteiger partial charge in [-0.05, 0) is 17.7 Å². The Hall–Kier alpha value is -1.65. The smallest absolute Gasteiger partial charge is 0.143 e. The fourth-order valence-electron chi connectivity index (χ4n) is 2.11. The van der Waals surface area contributed by atoms with Gasteiger partial charge in [-0.2, -0.15) is 0 Å². The number of para-hydroxylation sites is 1. The topological polar surface area (TPSA) is 33.3 Å². The van der Waals surface area contributed by atoms with Crippen LogP contribution in [0, 0.1) is 0 Å². The van der Waals surface area contributed by atoms with Gasteiger partial charge in [-0.1, -0.05) is 48.2 Å². The summed E-state index contributed by atoms with van der Waals surface area (Å²) in [7, 11) is 1.70. The summed E-state index contributed by atoms with van der Waals surface area (Å²) in [5, 5.41) is 6.94. The van der Waals surface area contributed by atoms with E-state index in [0.717, 1.165) is 18.0 Å². The van der Waals surface area contributed by atoms with Crippen LogP contribution in [0.4, 0.5) is 5.69 Å². The quantitative estimate of drug-likeness (QED) is 0.895. The van der Waals surface area contributed by atoms with E-state index in [9.17, 15) is 0 Å². The number of anilines is 1. The Morgan fingerprint density at radius 2 is 2.00 bits per heavy atom. The second-order valence-corrected chi connectivity index (χ2v) is 5.49. The van der Waals surface area contributed by atoms with Crippen molar-refractivity contribution < 1.29 is 4.74 Å². The number of ether oxygens (including phenoxy) is 1. The first-order chi connectivity index (χ1) is 9.36. The van der Waals surface area contributed by atoms with Crippen LogP contribution >= 0.6 is 11.8 Å². The highest BCUT2D eigenvalue weighted by molar-refractivity contribution is 8.00. The molecule has 1 atom stereocenters. The molecular weight excluding hydrogens is 256 g/mol. The molecular formula is C15H16N2OS. The van der Waals surface area contributed by atoms with Crippen molar-refractivity contribution in [3.63, 3.8) is 0 Å². The zero-order valence-electron chi connectivity index (χ0n) is 10.7. The average molecular weight is 272 g/mol. The van der Waals surface area contributed by atoms with E-state index in [4.69, 9.17) is 4.74 Å². The van der Waals surface area contributed by atoms with Gasteiger partial charge in [0, 0.05) is 11.4 Å². The number of hydrogen-bond donors (Lipinski definition) is 2. The zero-order valence-corrected chi connectivity index (χ0v) is 11.5. The molecule has 0 spiro atoms. The molecule has 2 N–H and O–H groups in total. The van der Waals surface area contributed by atoms with Crippen LogP contribution in [-0.2, 0) is 6.54 Å². The number of methoxy groups -OCH3 is 1. The van der Waals surface area contributed by atoms with E-state index in [2.05, 4.69) is 41.0 Å². The van der Waals surface area contributed by atoms with E-state index in [1.165, 1.54) is 10.5 Å². The maximum absolute atomic E-state index is 5.36. The molecule has 1 heterocycles. The Kier molecular flexibility index (Phi) is 3.62. The summed E-state index contributed by atoms with van der Waals surface area (Å²) >= 11 is 1.78. The van der Waals surface area contributed by atoms with Crippen molar-refractivity contribution in [3.8, 4) is 5.75 Å². The Bertz CT molecular complexity index is 559. The molecule has 0 amide bonds. The third kappa shape index (κ3) is 2.69. The van der Waals surface area contributed by atoms with Crippen molar-refractivity contribution in [2.75, 3.05) is 12.4 Å². The maximum atomic E-state index is 5.36. The summed E-state index contributed by atoms with van der Waals surface area (Å²) in [6, 6.07) is 16.5. The van der Waals surface area contributed by atoms with Gasteiger partial charge in [0.25, 0.3) is 0 Å². The molecule has 3 nitrogen and oxygen atoms in total. The van der Waals surface area contributed by atoms with Gasteiger partial charge in [-0.15, -0.1) is 0 Å². The van der Waals surface area contributed by atoms with Gasteiger partial charge in [0.15, 0.2) is 0 Å². The fourth-order valence-corrected chi connectivity index (χ4v) is 3.14. The predicted molar refractivity (Wildman–Crippen MR) is 79.5 cm³/mol. The lowest BCUT2D eigenvalue weighted by Crippen LogP contribution is -2.29. The van der Waals surface area contributed by atoms with Crippen molar-refractivity contribution in [1.29, 1.82) is 0 Å². The molecule has 19 heavy (non-hydrogen) atoms. The molecule has 0 radical (unpaired) electrons. The lowest BCUT2D eigenvalue weighted by atomic mass is 10.2. The molecule has 1 aliphatic rings. The minimum absolute atomic E-state index is 0.187. The third-order valence-corrected chi connectivity index (χ3v) is 4.18. The summed E-state index contributed by atoms with van der Waals surface area (Å²) < 4.78 is 5.36. The molecule has 0 saturated heterocycles. The Balaban J connectivity index is 1.64. The molecule has 0 aliphatic carbocycles. The lowest BCUT2D eigenvalue weighted by Gasteiger charge is -2.13. The van der Waals surface area contributed by atoms with Gasteiger partial charge in [-0.3, -0.25) is 5.32 Å². The SMILES string of the molecule is COc1cccc2c1NC(NCc1ccccc1)S2. The van der Waals surface area contributed by atoms with E-state index in [1.807, 2.05) is 18.2 Å². The minimum atomic E-state index is 0.187. The van der Waals surface area contributed by atoms with Crippen molar-refractivity contribution in [3.05, 3.63) is 54.1 Å². The molecule has 0 saturated carbocycles. The van der Waals surface area contributed by atoms with Crippen LogP contribution in [0.15, 0.2) is 53.4 Å². The number of fused-ring (bicyclic) bond motifs is 1. The van der Waals surface area contributed by atoms with E-state index >= 15 is 0 Å². The molecule has 1 aliphatic heterocycles. The van der Waals surface area contributed by atoms with Crippen LogP contribution in [0.25, 0.3) is 0 Å². The van der Waals surface area contributed by atoms with Gasteiger partial charge in [0.2, 0.25) is 0 Å². The number of nitrogens with one attached hydrogen (secondary N) is 2. The molecule has 98 valence electrons. The molecule has 4 heteroatoms. The molecule has 1 unspecified atom stereocenters. The highest BCUT2D eigenvalue weighted by Crippen LogP contribution is 2.42. The lowest BCUT2D eigenvalue weighted by molar-refractivity contribution is 0.415. The molecule has 3 rings (SSSR count). The average Bonchev–Trinajstić information content (AvgIpc) is 2.89. The first-order valence-corrected chi connectivity index (χ1v) is 7.12. The number of thioether (sulfide) groups is 1. The van der Waals surface area contributed by atoms with Crippen molar-refractivity contribution in [2.24, 2.45) is 0 Å². The Labute approximate surface area is 117 Å². The molecule has 0 aromatic heterocycles. The normalized spacial score (nSPS) is 16.8. The number of rotatable bonds is 4. The van der Waals surface area contributed by atoms with Gasteiger partial charge in [0.1, 0.15) is 11.2 Å². The molecule has 0 fully saturated rings. The van der Waals surface area contributed by atoms with Crippen molar-refractivity contribution >= 4 is 17.4 Å². The van der Waals surface area contributed by atoms with Crippen molar-refractivity contribution in [2.45, 2.75) is 16.9 Å². The molecule has 2 aromatic rings. The zero-order chi connectivity index (χ0) is 13.1. The van der Waals surface area contributed by atoms with Crippen LogP contribution in [0.2, 0.25) is 0 Å². The highest BCUT2D eigenvalue weighted by Gasteiger charge is 2.23. The van der Waals surface area contributed by atoms with E-state index < -0.39 is 0 Å². The summed E-state index contributed by atoms with van der Waals surface area (Å²) in [6.45, 7) is 0.849. The summed E-state index contributed by atoms with van der Waals surface area (Å²) in [5.41, 5.74) is 2.56. The van der Waals surface area contributed by atoms with E-state index in [1.54, 1.807) is 18.9 Å². The fraction of sp³-hybridized carbons (Fsp3) is 0.200. The summed E-state index contributed by atoms with van der Waals surface area (Å²) in [5.74, 6) is 0.897. The molecule has 2 aromatic carbocycles. The van der Waals surface area contributed by atoms with Gasteiger partial charge < -0.3 is 10.1 Å². The van der Waals surface area contributed by atoms with Crippen LogP contribution in [0.5, 0.6) is 5.75 Å². The Morgan fingerprint density at radius 3 is 2.79 bits per heavy atom. The van der Waals surface area contributed by atoms with Crippen LogP contribution < -0.4 is 15.4 Å². The third-order valence-electron chi connectivity index (χ3n) is 3.06. The molecule has 0 bridgehead atoms. The Morgan fingerprint density at radius 1 is 1.16 bits per heavy atom. The minimum Gasteiger partial charge on any atom is -0.495 e. The first-order valence-electron chi connectivity index (χ1n) is 6.24. The number of hydrogen-bond acceptors (Lipinski definition) is 4. The van der Waals surface area contributed by atoms with Gasteiger partial charge in [-0.25, -0.2) is 0 Å². The monoisotopic (exact) mass is 272 g/mol. The predicted octanol–water partition coefficient (Wildman–Crippen LogP) is 3.29. The number of benzene rings is 2. The second-order valence-electron chi connectivity index (χ2n) is 4.34. The second kappa shape index (κ2) is 5.55. The van der Waals surface area contributed by atoms with Gasteiger partial charge >= 0.3 is 0 Å². The maximum Gasteiger partial charge on any atom is 0.143 e. The standard InChI is InChI=1S/C15H16N2OS/c1-18-12-8-5-9-13-14(12)17-15(19-13)16-10-11-6-3-2-4-7-11/h2-9,15-17H,10H2,1H3. The van der Waals surface area contributed by atoms with Crippen LogP contribution in [-0.4, -0.2) is 12.6 Å². The summed E-state index contributed by atoms with van der Waals surface area (Å²) in [4.78, 5) is 1.23. The largest absolute Gasteiger partial charge is 0.495 e. The summed E-state index contributed by atoms with van der Waals surface area (Å²) in [6.07, 6.45) is 0. The van der Waals surface area contributed by atoms with Crippen molar-refractivity contribution in [1.82, 2.24) is 5.32 Å². The van der Waals surface area contributed by atoms with Crippen LogP contribution in [0.3, 0.4) is 0 Å². The van der Waals surface area contributed by atoms with Gasteiger partial charge in [0.05, 0.1) is 12.8 Å².